The summed E-state index contributed by atoms with van der Waals surface area (Å²) in [4.78, 5) is 26.1. The summed E-state index contributed by atoms with van der Waals surface area (Å²) in [7, 11) is 0. The molecule has 0 radical (unpaired) electrons. The van der Waals surface area contributed by atoms with Crippen LogP contribution in [0, 0.1) is 0 Å². The lowest BCUT2D eigenvalue weighted by atomic mass is 10.0. The van der Waals surface area contributed by atoms with Crippen LogP contribution >= 0.6 is 0 Å². The lowest BCUT2D eigenvalue weighted by Gasteiger charge is -2.24. The minimum atomic E-state index is -0.786. The lowest BCUT2D eigenvalue weighted by molar-refractivity contribution is -0.151. The average molecular weight is 872 g/mol. The molecule has 62 heavy (non-hydrogen) atoms. The van der Waals surface area contributed by atoms with Gasteiger partial charge in [0.15, 0.2) is 0 Å². The van der Waals surface area contributed by atoms with Crippen LogP contribution in [0.1, 0.15) is 284 Å². The topological polar surface area (TPSA) is 95.9 Å². The van der Waals surface area contributed by atoms with E-state index in [0.717, 1.165) is 64.2 Å². The van der Waals surface area contributed by atoms with Gasteiger partial charge in [0.1, 0.15) is 6.10 Å². The van der Waals surface area contributed by atoms with Crippen LogP contribution < -0.4 is 5.32 Å². The fraction of sp³-hybridized carbons (Fsp3) is 0.857. The molecule has 0 aromatic heterocycles. The summed E-state index contributed by atoms with van der Waals surface area (Å²) in [6.45, 7) is 6.45. The number of hydrogen-bond donors (Lipinski definition) is 3. The number of unbranched alkanes of at least 4 members (excludes halogenated alkanes) is 31. The van der Waals surface area contributed by atoms with Crippen molar-refractivity contribution in [3.63, 3.8) is 0 Å². The molecule has 6 heteroatoms. The van der Waals surface area contributed by atoms with E-state index in [-0.39, 0.29) is 24.9 Å². The molecule has 1 amide bonds. The summed E-state index contributed by atoms with van der Waals surface area (Å²) in [5.74, 6) is -0.480. The largest absolute Gasteiger partial charge is 0.462 e. The second-order valence-corrected chi connectivity index (χ2v) is 18.6. The van der Waals surface area contributed by atoms with Crippen LogP contribution in [0.15, 0.2) is 36.5 Å². The van der Waals surface area contributed by atoms with Gasteiger partial charge < -0.3 is 20.3 Å². The smallest absolute Gasteiger partial charge is 0.306 e. The van der Waals surface area contributed by atoms with E-state index in [0.29, 0.717) is 19.3 Å². The molecule has 0 saturated carbocycles. The maximum atomic E-state index is 13.2. The molecular formula is C56H105NO5. The van der Waals surface area contributed by atoms with Gasteiger partial charge in [-0.25, -0.2) is 0 Å². The van der Waals surface area contributed by atoms with E-state index in [1.54, 1.807) is 0 Å². The van der Waals surface area contributed by atoms with E-state index < -0.39 is 18.2 Å². The Morgan fingerprint density at radius 1 is 0.468 bits per heavy atom. The second kappa shape index (κ2) is 50.1. The molecule has 0 rings (SSSR count). The summed E-state index contributed by atoms with van der Waals surface area (Å²) in [6, 6.07) is -0.700. The highest BCUT2D eigenvalue weighted by atomic mass is 16.5. The number of allylic oxidation sites excluding steroid dienone is 6. The first-order valence-corrected chi connectivity index (χ1v) is 27.2. The number of amides is 1. The molecular weight excluding hydrogens is 767 g/mol. The minimum absolute atomic E-state index is 0.0752. The summed E-state index contributed by atoms with van der Waals surface area (Å²) in [5, 5.41) is 23.8. The van der Waals surface area contributed by atoms with Crippen LogP contribution in [0.3, 0.4) is 0 Å². The summed E-state index contributed by atoms with van der Waals surface area (Å²) < 4.78 is 5.92. The molecule has 3 unspecified atom stereocenters. The predicted molar refractivity (Wildman–Crippen MR) is 269 cm³/mol. The number of carbonyl (C=O) groups excluding carboxylic acids is 2. The van der Waals surface area contributed by atoms with Crippen molar-refractivity contribution < 1.29 is 24.5 Å². The van der Waals surface area contributed by atoms with Crippen molar-refractivity contribution in [2.75, 3.05) is 6.61 Å². The Bertz CT molecular complexity index is 1020. The Morgan fingerprint density at radius 2 is 0.823 bits per heavy atom. The van der Waals surface area contributed by atoms with Crippen LogP contribution in [0.2, 0.25) is 0 Å². The Hall–Kier alpha value is -1.92. The highest BCUT2D eigenvalue weighted by Crippen LogP contribution is 2.18. The van der Waals surface area contributed by atoms with E-state index in [9.17, 15) is 19.8 Å². The van der Waals surface area contributed by atoms with Gasteiger partial charge in [-0.1, -0.05) is 243 Å². The Kier molecular flexibility index (Phi) is 48.5. The number of nitrogens with one attached hydrogen (secondary N) is 1. The molecule has 0 aromatic rings. The summed E-state index contributed by atoms with van der Waals surface area (Å²) >= 11 is 0. The minimum Gasteiger partial charge on any atom is -0.462 e. The molecule has 0 aliphatic carbocycles. The first-order chi connectivity index (χ1) is 30.5. The van der Waals surface area contributed by atoms with Gasteiger partial charge in [-0.15, -0.1) is 0 Å². The van der Waals surface area contributed by atoms with Gasteiger partial charge >= 0.3 is 5.97 Å². The number of ether oxygens (including phenoxy) is 1. The van der Waals surface area contributed by atoms with Crippen molar-refractivity contribution in [3.05, 3.63) is 36.5 Å². The zero-order chi connectivity index (χ0) is 45.2. The molecule has 0 saturated heterocycles. The molecule has 6 nitrogen and oxygen atoms in total. The highest BCUT2D eigenvalue weighted by molar-refractivity contribution is 5.77. The zero-order valence-electron chi connectivity index (χ0n) is 41.5. The van der Waals surface area contributed by atoms with Gasteiger partial charge in [-0.05, 0) is 64.2 Å². The first kappa shape index (κ1) is 60.1. The normalized spacial score (nSPS) is 13.4. The molecule has 0 aliphatic rings. The highest BCUT2D eigenvalue weighted by Gasteiger charge is 2.24. The van der Waals surface area contributed by atoms with Crippen LogP contribution in [0.5, 0.6) is 0 Å². The second-order valence-electron chi connectivity index (χ2n) is 18.6. The monoisotopic (exact) mass is 872 g/mol. The number of rotatable bonds is 49. The first-order valence-electron chi connectivity index (χ1n) is 27.2. The van der Waals surface area contributed by atoms with Crippen LogP contribution in [-0.4, -0.2) is 46.9 Å². The van der Waals surface area contributed by atoms with Crippen molar-refractivity contribution in [3.8, 4) is 0 Å². The van der Waals surface area contributed by atoms with E-state index in [4.69, 9.17) is 4.74 Å². The SMILES string of the molecule is CCCCC/C=C\C/C=C\C/C=C\CCCCCCCCC(=O)OC(CCCCCCCCCC)CC(=O)NC(CO)C(O)CCCCCCCCCCCCCCCCCC. The summed E-state index contributed by atoms with van der Waals surface area (Å²) in [5.41, 5.74) is 0. The fourth-order valence-corrected chi connectivity index (χ4v) is 8.32. The molecule has 0 spiro atoms. The maximum absolute atomic E-state index is 13.2. The number of esters is 1. The third-order valence-corrected chi connectivity index (χ3v) is 12.5. The average Bonchev–Trinajstić information content (AvgIpc) is 3.26. The standard InChI is InChI=1S/C56H105NO5/c1-4-7-10-13-16-19-21-23-25-27-28-29-31-33-35-37-40-43-46-49-56(61)62-52(47-44-41-38-18-15-12-9-6-3)50-55(60)57-53(51-58)54(59)48-45-42-39-36-34-32-30-26-24-22-20-17-14-11-8-5-2/h16,19,23,25,28-29,52-54,58-59H,4-15,17-18,20-22,24,26-27,30-51H2,1-3H3,(H,57,60)/b19-16-,25-23-,29-28-. The molecule has 0 heterocycles. The lowest BCUT2D eigenvalue weighted by Crippen LogP contribution is -2.46. The van der Waals surface area contributed by atoms with Crippen molar-refractivity contribution >= 4 is 11.9 Å². The molecule has 0 fully saturated rings. The number of aliphatic hydroxyl groups is 2. The van der Waals surface area contributed by atoms with Crippen LogP contribution in [0.4, 0.5) is 0 Å². The van der Waals surface area contributed by atoms with E-state index >= 15 is 0 Å². The fourth-order valence-electron chi connectivity index (χ4n) is 8.32. The van der Waals surface area contributed by atoms with Crippen LogP contribution in [-0.2, 0) is 14.3 Å². The van der Waals surface area contributed by atoms with Gasteiger partial charge in [0.2, 0.25) is 5.91 Å². The van der Waals surface area contributed by atoms with Crippen molar-refractivity contribution in [1.29, 1.82) is 0 Å². The van der Waals surface area contributed by atoms with Crippen molar-refractivity contribution in [2.24, 2.45) is 0 Å². The van der Waals surface area contributed by atoms with Gasteiger partial charge in [0, 0.05) is 6.42 Å². The maximum Gasteiger partial charge on any atom is 0.306 e. The van der Waals surface area contributed by atoms with E-state index in [1.807, 2.05) is 0 Å². The Morgan fingerprint density at radius 3 is 1.27 bits per heavy atom. The van der Waals surface area contributed by atoms with E-state index in [2.05, 4.69) is 62.5 Å². The third kappa shape index (κ3) is 44.7. The number of carbonyl (C=O) groups is 2. The van der Waals surface area contributed by atoms with Gasteiger partial charge in [-0.2, -0.15) is 0 Å². The van der Waals surface area contributed by atoms with Gasteiger partial charge in [0.05, 0.1) is 25.2 Å². The Labute approximate surface area is 385 Å². The summed E-state index contributed by atoms with van der Waals surface area (Å²) in [6.07, 6.45) is 59.3. The molecule has 0 aliphatic heterocycles. The van der Waals surface area contributed by atoms with Gasteiger partial charge in [-0.3, -0.25) is 9.59 Å². The van der Waals surface area contributed by atoms with Crippen LogP contribution in [0.25, 0.3) is 0 Å². The molecule has 0 bridgehead atoms. The molecule has 364 valence electrons. The van der Waals surface area contributed by atoms with Gasteiger partial charge in [0.25, 0.3) is 0 Å². The van der Waals surface area contributed by atoms with Crippen molar-refractivity contribution in [2.45, 2.75) is 302 Å². The predicted octanol–water partition coefficient (Wildman–Crippen LogP) is 16.5. The Balaban J connectivity index is 4.37. The quantitative estimate of drug-likeness (QED) is 0.0321. The van der Waals surface area contributed by atoms with E-state index in [1.165, 1.54) is 173 Å². The third-order valence-electron chi connectivity index (χ3n) is 12.5. The molecule has 3 atom stereocenters. The molecule has 3 N–H and O–H groups in total. The molecule has 0 aromatic carbocycles. The number of aliphatic hydroxyl groups excluding tert-OH is 2. The number of hydrogen-bond acceptors (Lipinski definition) is 5. The zero-order valence-corrected chi connectivity index (χ0v) is 41.5. The van der Waals surface area contributed by atoms with Crippen molar-refractivity contribution in [1.82, 2.24) is 5.32 Å².